The van der Waals surface area contributed by atoms with Crippen LogP contribution in [-0.2, 0) is 0 Å². The fourth-order valence-corrected chi connectivity index (χ4v) is 2.49. The van der Waals surface area contributed by atoms with Gasteiger partial charge >= 0.3 is 0 Å². The van der Waals surface area contributed by atoms with Gasteiger partial charge < -0.3 is 10.1 Å². The van der Waals surface area contributed by atoms with E-state index in [0.29, 0.717) is 17.9 Å². The van der Waals surface area contributed by atoms with E-state index in [2.05, 4.69) is 38.2 Å². The first-order valence-corrected chi connectivity index (χ1v) is 7.62. The summed E-state index contributed by atoms with van der Waals surface area (Å²) in [6.07, 6.45) is 0. The van der Waals surface area contributed by atoms with E-state index in [1.54, 1.807) is 0 Å². The highest BCUT2D eigenvalue weighted by molar-refractivity contribution is 5.34. The number of nitrogens with one attached hydrogen (secondary N) is 1. The Balaban J connectivity index is 2.11. The summed E-state index contributed by atoms with van der Waals surface area (Å²) < 4.78 is 5.83. The Labute approximate surface area is 128 Å². The van der Waals surface area contributed by atoms with Crippen molar-refractivity contribution in [3.8, 4) is 11.5 Å². The molecule has 1 N–H and O–H groups in total. The summed E-state index contributed by atoms with van der Waals surface area (Å²) in [5.74, 6) is 2.96. The molecule has 0 spiro atoms. The molecule has 0 amide bonds. The predicted molar refractivity (Wildman–Crippen MR) is 88.8 cm³/mol. The van der Waals surface area contributed by atoms with E-state index in [1.165, 1.54) is 5.56 Å². The van der Waals surface area contributed by atoms with Crippen LogP contribution >= 0.6 is 0 Å². The van der Waals surface area contributed by atoms with Crippen molar-refractivity contribution in [1.82, 2.24) is 5.32 Å². The summed E-state index contributed by atoms with van der Waals surface area (Å²) in [7, 11) is 2.03. The highest BCUT2D eigenvalue weighted by Gasteiger charge is 2.20. The van der Waals surface area contributed by atoms with Gasteiger partial charge in [0.15, 0.2) is 0 Å². The standard InChI is InChI=1S/C19H25NO/c1-14(2)15(3)19(20-4)16-10-12-18(13-11-16)21-17-8-6-5-7-9-17/h5-15,19-20H,1-4H3. The molecule has 2 unspecified atom stereocenters. The van der Waals surface area contributed by atoms with Gasteiger partial charge in [-0.1, -0.05) is 51.1 Å². The average Bonchev–Trinajstić information content (AvgIpc) is 2.50. The molecule has 0 saturated carbocycles. The number of benzene rings is 2. The van der Waals surface area contributed by atoms with E-state index < -0.39 is 0 Å². The maximum Gasteiger partial charge on any atom is 0.127 e. The number of para-hydroxylation sites is 1. The second-order valence-electron chi connectivity index (χ2n) is 5.85. The Bertz CT molecular complexity index is 533. The number of rotatable bonds is 6. The molecule has 0 saturated heterocycles. The smallest absolute Gasteiger partial charge is 0.127 e. The summed E-state index contributed by atoms with van der Waals surface area (Å²) in [5.41, 5.74) is 1.30. The summed E-state index contributed by atoms with van der Waals surface area (Å²) in [4.78, 5) is 0. The zero-order valence-corrected chi connectivity index (χ0v) is 13.3. The first-order chi connectivity index (χ1) is 10.1. The molecular formula is C19H25NO. The van der Waals surface area contributed by atoms with Crippen molar-refractivity contribution in [2.75, 3.05) is 7.05 Å². The summed E-state index contributed by atoms with van der Waals surface area (Å²) in [6, 6.07) is 18.6. The van der Waals surface area contributed by atoms with E-state index in [0.717, 1.165) is 11.5 Å². The van der Waals surface area contributed by atoms with Crippen molar-refractivity contribution in [2.24, 2.45) is 11.8 Å². The quantitative estimate of drug-likeness (QED) is 0.802. The number of hydrogen-bond acceptors (Lipinski definition) is 2. The van der Waals surface area contributed by atoms with Gasteiger partial charge in [0.25, 0.3) is 0 Å². The minimum absolute atomic E-state index is 0.371. The first kappa shape index (κ1) is 15.6. The zero-order chi connectivity index (χ0) is 15.2. The lowest BCUT2D eigenvalue weighted by molar-refractivity contribution is 0.317. The predicted octanol–water partition coefficient (Wildman–Crippen LogP) is 5.03. The van der Waals surface area contributed by atoms with Gasteiger partial charge in [0, 0.05) is 6.04 Å². The lowest BCUT2D eigenvalue weighted by Crippen LogP contribution is -2.26. The maximum absolute atomic E-state index is 5.83. The van der Waals surface area contributed by atoms with Crippen LogP contribution in [0.25, 0.3) is 0 Å². The van der Waals surface area contributed by atoms with Crippen LogP contribution in [0.2, 0.25) is 0 Å². The third-order valence-corrected chi connectivity index (χ3v) is 4.11. The van der Waals surface area contributed by atoms with Crippen LogP contribution < -0.4 is 10.1 Å². The molecule has 0 aromatic heterocycles. The molecule has 2 nitrogen and oxygen atoms in total. The minimum atomic E-state index is 0.371. The fourth-order valence-electron chi connectivity index (χ4n) is 2.49. The summed E-state index contributed by atoms with van der Waals surface area (Å²) >= 11 is 0. The van der Waals surface area contributed by atoms with Crippen molar-refractivity contribution >= 4 is 0 Å². The van der Waals surface area contributed by atoms with Crippen LogP contribution in [0, 0.1) is 11.8 Å². The Hall–Kier alpha value is -1.80. The van der Waals surface area contributed by atoms with Crippen molar-refractivity contribution in [2.45, 2.75) is 26.8 Å². The van der Waals surface area contributed by atoms with E-state index in [4.69, 9.17) is 4.74 Å². The zero-order valence-electron chi connectivity index (χ0n) is 13.3. The molecule has 21 heavy (non-hydrogen) atoms. The first-order valence-electron chi connectivity index (χ1n) is 7.62. The highest BCUT2D eigenvalue weighted by atomic mass is 16.5. The molecule has 0 radical (unpaired) electrons. The molecular weight excluding hydrogens is 258 g/mol. The van der Waals surface area contributed by atoms with Gasteiger partial charge in [-0.05, 0) is 48.7 Å². The SMILES string of the molecule is CNC(c1ccc(Oc2ccccc2)cc1)C(C)C(C)C. The van der Waals surface area contributed by atoms with E-state index in [1.807, 2.05) is 49.5 Å². The Morgan fingerprint density at radius 3 is 1.90 bits per heavy atom. The van der Waals surface area contributed by atoms with Gasteiger partial charge in [-0.25, -0.2) is 0 Å². The Morgan fingerprint density at radius 1 is 0.810 bits per heavy atom. The van der Waals surface area contributed by atoms with Crippen LogP contribution in [0.5, 0.6) is 11.5 Å². The van der Waals surface area contributed by atoms with Crippen LogP contribution in [0.4, 0.5) is 0 Å². The molecule has 0 bridgehead atoms. The van der Waals surface area contributed by atoms with E-state index >= 15 is 0 Å². The molecule has 0 aliphatic heterocycles. The fraction of sp³-hybridized carbons (Fsp3) is 0.368. The summed E-state index contributed by atoms with van der Waals surface area (Å²) in [5, 5.41) is 3.43. The van der Waals surface area contributed by atoms with Gasteiger partial charge in [0.2, 0.25) is 0 Å². The average molecular weight is 283 g/mol. The molecule has 112 valence electrons. The molecule has 0 fully saturated rings. The monoisotopic (exact) mass is 283 g/mol. The third kappa shape index (κ3) is 4.08. The molecule has 2 aromatic carbocycles. The second-order valence-corrected chi connectivity index (χ2v) is 5.85. The molecule has 2 aromatic rings. The topological polar surface area (TPSA) is 21.3 Å². The van der Waals surface area contributed by atoms with Crippen molar-refractivity contribution in [1.29, 1.82) is 0 Å². The molecule has 2 heteroatoms. The van der Waals surface area contributed by atoms with Crippen molar-refractivity contribution in [3.05, 3.63) is 60.2 Å². The van der Waals surface area contributed by atoms with Gasteiger partial charge in [0.1, 0.15) is 11.5 Å². The normalized spacial score (nSPS) is 14.0. The molecule has 0 aliphatic rings. The maximum atomic E-state index is 5.83. The third-order valence-electron chi connectivity index (χ3n) is 4.11. The van der Waals surface area contributed by atoms with Crippen LogP contribution in [-0.4, -0.2) is 7.05 Å². The van der Waals surface area contributed by atoms with Crippen molar-refractivity contribution < 1.29 is 4.74 Å². The lowest BCUT2D eigenvalue weighted by atomic mass is 9.86. The Morgan fingerprint density at radius 2 is 1.38 bits per heavy atom. The van der Waals surface area contributed by atoms with Crippen molar-refractivity contribution in [3.63, 3.8) is 0 Å². The van der Waals surface area contributed by atoms with Crippen LogP contribution in [0.1, 0.15) is 32.4 Å². The molecule has 0 aliphatic carbocycles. The molecule has 0 heterocycles. The van der Waals surface area contributed by atoms with Gasteiger partial charge in [-0.3, -0.25) is 0 Å². The van der Waals surface area contributed by atoms with E-state index in [9.17, 15) is 0 Å². The van der Waals surface area contributed by atoms with E-state index in [-0.39, 0.29) is 0 Å². The minimum Gasteiger partial charge on any atom is -0.457 e. The molecule has 2 atom stereocenters. The largest absolute Gasteiger partial charge is 0.457 e. The number of ether oxygens (including phenoxy) is 1. The lowest BCUT2D eigenvalue weighted by Gasteiger charge is -2.27. The Kier molecular flexibility index (Phi) is 5.40. The molecule has 2 rings (SSSR count). The second kappa shape index (κ2) is 7.28. The highest BCUT2D eigenvalue weighted by Crippen LogP contribution is 2.29. The number of hydrogen-bond donors (Lipinski definition) is 1. The van der Waals surface area contributed by atoms with Gasteiger partial charge in [0.05, 0.1) is 0 Å². The van der Waals surface area contributed by atoms with Gasteiger partial charge in [-0.15, -0.1) is 0 Å². The van der Waals surface area contributed by atoms with Crippen LogP contribution in [0.15, 0.2) is 54.6 Å². The van der Waals surface area contributed by atoms with Crippen LogP contribution in [0.3, 0.4) is 0 Å². The summed E-state index contributed by atoms with van der Waals surface area (Å²) in [6.45, 7) is 6.82. The van der Waals surface area contributed by atoms with Gasteiger partial charge in [-0.2, -0.15) is 0 Å².